The van der Waals surface area contributed by atoms with E-state index < -0.39 is 28.4 Å². The Labute approximate surface area is 195 Å². The van der Waals surface area contributed by atoms with Gasteiger partial charge in [-0.25, -0.2) is 9.79 Å². The van der Waals surface area contributed by atoms with E-state index in [1.807, 2.05) is 0 Å². The second-order valence-electron chi connectivity index (χ2n) is 7.15. The monoisotopic (exact) mass is 485 g/mol. The van der Waals surface area contributed by atoms with Crippen molar-refractivity contribution in [3.63, 3.8) is 0 Å². The summed E-state index contributed by atoms with van der Waals surface area (Å²) in [5, 5.41) is 20.8. The number of hydrogen-bond donors (Lipinski definition) is 1. The van der Waals surface area contributed by atoms with Crippen molar-refractivity contribution in [3.8, 4) is 11.5 Å². The minimum Gasteiger partial charge on any atom is -0.504 e. The Bertz CT molecular complexity index is 1510. The molecule has 0 aliphatic carbocycles. The molecule has 1 atom stereocenters. The molecule has 0 amide bonds. The van der Waals surface area contributed by atoms with Gasteiger partial charge in [-0.3, -0.25) is 19.5 Å². The zero-order chi connectivity index (χ0) is 24.6. The molecule has 4 rings (SSSR count). The molecule has 1 aliphatic rings. The van der Waals surface area contributed by atoms with Crippen LogP contribution in [0.25, 0.3) is 11.8 Å². The summed E-state index contributed by atoms with van der Waals surface area (Å²) >= 11 is 1.05. The van der Waals surface area contributed by atoms with Crippen LogP contribution in [0.4, 0.5) is 5.88 Å². The Hall–Kier alpha value is -4.19. The van der Waals surface area contributed by atoms with Crippen LogP contribution in [0.2, 0.25) is 0 Å². The molecule has 11 nitrogen and oxygen atoms in total. The van der Waals surface area contributed by atoms with Crippen LogP contribution in [0, 0.1) is 10.1 Å². The Balaban J connectivity index is 1.93. The number of ether oxygens (including phenoxy) is 2. The van der Waals surface area contributed by atoms with Gasteiger partial charge in [-0.05, 0) is 37.6 Å². The molecule has 176 valence electrons. The van der Waals surface area contributed by atoms with E-state index in [-0.39, 0.29) is 34.0 Å². The van der Waals surface area contributed by atoms with Gasteiger partial charge in [0, 0.05) is 11.8 Å². The third kappa shape index (κ3) is 3.99. The second kappa shape index (κ2) is 8.98. The average molecular weight is 485 g/mol. The topological polar surface area (TPSA) is 146 Å². The van der Waals surface area contributed by atoms with Crippen LogP contribution in [0.5, 0.6) is 11.5 Å². The highest BCUT2D eigenvalue weighted by Crippen LogP contribution is 2.36. The number of fused-ring (bicyclic) bond motifs is 1. The third-order valence-corrected chi connectivity index (χ3v) is 6.11. The molecule has 0 spiro atoms. The van der Waals surface area contributed by atoms with Gasteiger partial charge in [0.15, 0.2) is 16.3 Å². The number of carbonyl (C=O) groups excluding carboxylic acids is 1. The molecule has 1 aliphatic heterocycles. The summed E-state index contributed by atoms with van der Waals surface area (Å²) in [5.74, 6) is -0.805. The summed E-state index contributed by atoms with van der Waals surface area (Å²) in [5.41, 5.74) is 0.606. The number of furan rings is 1. The highest BCUT2D eigenvalue weighted by atomic mass is 32.1. The van der Waals surface area contributed by atoms with Gasteiger partial charge in [0.25, 0.3) is 5.56 Å². The molecule has 12 heteroatoms. The van der Waals surface area contributed by atoms with Gasteiger partial charge < -0.3 is 19.0 Å². The average Bonchev–Trinajstić information content (AvgIpc) is 3.39. The zero-order valence-electron chi connectivity index (χ0n) is 18.3. The number of rotatable bonds is 6. The fourth-order valence-electron chi connectivity index (χ4n) is 3.57. The number of nitro groups is 1. The first-order valence-corrected chi connectivity index (χ1v) is 10.9. The maximum atomic E-state index is 13.2. The minimum atomic E-state index is -0.816. The first kappa shape index (κ1) is 23.0. The molecule has 2 aromatic heterocycles. The number of phenolic OH excluding ortho intramolecular Hbond substituents is 1. The van der Waals surface area contributed by atoms with Gasteiger partial charge in [0.2, 0.25) is 0 Å². The fourth-order valence-corrected chi connectivity index (χ4v) is 4.59. The van der Waals surface area contributed by atoms with E-state index >= 15 is 0 Å². The summed E-state index contributed by atoms with van der Waals surface area (Å²) in [4.78, 5) is 41.2. The van der Waals surface area contributed by atoms with Crippen molar-refractivity contribution in [1.29, 1.82) is 0 Å². The first-order valence-electron chi connectivity index (χ1n) is 10.1. The van der Waals surface area contributed by atoms with Crippen LogP contribution in [0.15, 0.2) is 50.1 Å². The Morgan fingerprint density at radius 2 is 2.15 bits per heavy atom. The van der Waals surface area contributed by atoms with Gasteiger partial charge >= 0.3 is 11.9 Å². The van der Waals surface area contributed by atoms with Crippen LogP contribution >= 0.6 is 11.3 Å². The number of benzene rings is 1. The lowest BCUT2D eigenvalue weighted by Crippen LogP contribution is -2.35. The van der Waals surface area contributed by atoms with Gasteiger partial charge in [0.05, 0.1) is 25.4 Å². The molecule has 0 unspecified atom stereocenters. The van der Waals surface area contributed by atoms with E-state index in [0.29, 0.717) is 16.1 Å². The highest BCUT2D eigenvalue weighted by molar-refractivity contribution is 7.07. The van der Waals surface area contributed by atoms with Crippen LogP contribution in [0.3, 0.4) is 0 Å². The number of methoxy groups -OCH3 is 1. The quantitative estimate of drug-likeness (QED) is 0.317. The van der Waals surface area contributed by atoms with Crippen LogP contribution in [-0.4, -0.2) is 34.3 Å². The Kier molecular flexibility index (Phi) is 6.07. The van der Waals surface area contributed by atoms with Gasteiger partial charge in [-0.2, -0.15) is 0 Å². The van der Waals surface area contributed by atoms with Gasteiger partial charge in [-0.1, -0.05) is 17.4 Å². The molecule has 0 saturated heterocycles. The van der Waals surface area contributed by atoms with E-state index in [1.165, 1.54) is 36.0 Å². The largest absolute Gasteiger partial charge is 0.504 e. The maximum Gasteiger partial charge on any atom is 0.433 e. The fraction of sp³-hybridized carbons (Fsp3) is 0.227. The Morgan fingerprint density at radius 1 is 1.38 bits per heavy atom. The molecular formula is C22H19N3O8S. The second-order valence-corrected chi connectivity index (χ2v) is 8.16. The number of aromatic nitrogens is 1. The normalized spacial score (nSPS) is 15.6. The van der Waals surface area contributed by atoms with Crippen molar-refractivity contribution in [2.75, 3.05) is 13.7 Å². The van der Waals surface area contributed by atoms with Crippen molar-refractivity contribution in [2.24, 2.45) is 4.99 Å². The molecular weight excluding hydrogens is 466 g/mol. The Morgan fingerprint density at radius 3 is 2.79 bits per heavy atom. The van der Waals surface area contributed by atoms with Gasteiger partial charge in [0.1, 0.15) is 21.3 Å². The molecule has 1 N–H and O–H groups in total. The van der Waals surface area contributed by atoms with Gasteiger partial charge in [-0.15, -0.1) is 0 Å². The molecule has 1 aromatic carbocycles. The molecule has 3 heterocycles. The number of aromatic hydroxyl groups is 1. The van der Waals surface area contributed by atoms with Crippen molar-refractivity contribution in [2.45, 2.75) is 19.9 Å². The minimum absolute atomic E-state index is 0.0714. The summed E-state index contributed by atoms with van der Waals surface area (Å²) in [7, 11) is 1.40. The third-order valence-electron chi connectivity index (χ3n) is 5.13. The lowest BCUT2D eigenvalue weighted by atomic mass is 9.96. The maximum absolute atomic E-state index is 13.2. The number of carbonyl (C=O) groups is 1. The van der Waals surface area contributed by atoms with Crippen LogP contribution in [0.1, 0.15) is 31.2 Å². The van der Waals surface area contributed by atoms with Crippen LogP contribution < -0.4 is 19.6 Å². The smallest absolute Gasteiger partial charge is 0.433 e. The number of hydrogen-bond acceptors (Lipinski definition) is 10. The van der Waals surface area contributed by atoms with Crippen molar-refractivity contribution >= 4 is 35.0 Å². The molecule has 0 bridgehead atoms. The number of nitrogens with zero attached hydrogens (tertiary/aromatic N) is 3. The van der Waals surface area contributed by atoms with E-state index in [2.05, 4.69) is 4.99 Å². The highest BCUT2D eigenvalue weighted by Gasteiger charge is 2.32. The van der Waals surface area contributed by atoms with Crippen molar-refractivity contribution < 1.29 is 28.7 Å². The summed E-state index contributed by atoms with van der Waals surface area (Å²) in [6.45, 7) is 3.41. The molecule has 0 fully saturated rings. The lowest BCUT2D eigenvalue weighted by Gasteiger charge is -2.22. The predicted molar refractivity (Wildman–Crippen MR) is 121 cm³/mol. The van der Waals surface area contributed by atoms with Crippen LogP contribution in [-0.2, 0) is 9.53 Å². The zero-order valence-corrected chi connectivity index (χ0v) is 19.1. The predicted octanol–water partition coefficient (Wildman–Crippen LogP) is 2.12. The number of allylic oxidation sites excluding steroid dienone is 1. The molecule has 0 radical (unpaired) electrons. The van der Waals surface area contributed by atoms with E-state index in [0.717, 1.165) is 11.3 Å². The van der Waals surface area contributed by atoms with E-state index in [9.17, 15) is 24.8 Å². The molecule has 34 heavy (non-hydrogen) atoms. The van der Waals surface area contributed by atoms with Crippen molar-refractivity contribution in [1.82, 2.24) is 4.57 Å². The van der Waals surface area contributed by atoms with Crippen molar-refractivity contribution in [3.05, 3.63) is 77.0 Å². The summed E-state index contributed by atoms with van der Waals surface area (Å²) in [6.07, 6.45) is 1.39. The molecule has 0 saturated carbocycles. The summed E-state index contributed by atoms with van der Waals surface area (Å²) in [6, 6.07) is 6.36. The lowest BCUT2D eigenvalue weighted by molar-refractivity contribution is -0.402. The number of esters is 1. The number of phenols is 1. The first-order chi connectivity index (χ1) is 16.2. The standard InChI is InChI=1S/C22H19N3O8S/c1-4-32-21(28)18-11(2)24-20(27)16(10-13-6-8-17(33-13)25(29)30)34-22(24)23-19(18)12-5-7-14(26)15(9-12)31-3/h5-10,19,26H,4H2,1-3H3/b16-10+/t19-/m1/s1. The summed E-state index contributed by atoms with van der Waals surface area (Å²) < 4.78 is 17.1. The SMILES string of the molecule is CCOC(=O)C1=C(C)n2c(s/c(=C/c3ccc([N+](=O)[O-])o3)c2=O)=N[C@@H]1c1ccc(O)c(OC)c1. The van der Waals surface area contributed by atoms with E-state index in [4.69, 9.17) is 13.9 Å². The number of thiazole rings is 1. The van der Waals surface area contributed by atoms with E-state index in [1.54, 1.807) is 26.0 Å². The molecule has 3 aromatic rings.